The van der Waals surface area contributed by atoms with Crippen molar-refractivity contribution < 1.29 is 19.1 Å². The average molecular weight is 352 g/mol. The Morgan fingerprint density at radius 1 is 0.923 bits per heavy atom. The van der Waals surface area contributed by atoms with Crippen molar-refractivity contribution >= 4 is 23.9 Å². The van der Waals surface area contributed by atoms with Crippen molar-refractivity contribution in [2.45, 2.75) is 13.3 Å². The van der Waals surface area contributed by atoms with Crippen LogP contribution in [-0.4, -0.2) is 24.9 Å². The molecule has 0 atom stereocenters. The first-order valence-electron chi connectivity index (χ1n) is 8.09. The molecular weight excluding hydrogens is 332 g/mol. The number of methoxy groups -OCH3 is 1. The maximum Gasteiger partial charge on any atom is 0.337 e. The number of hydrogen-bond acceptors (Lipinski definition) is 4. The zero-order chi connectivity index (χ0) is 18.9. The van der Waals surface area contributed by atoms with E-state index in [-0.39, 0.29) is 0 Å². The predicted molar refractivity (Wildman–Crippen MR) is 98.2 cm³/mol. The predicted octanol–water partition coefficient (Wildman–Crippen LogP) is 2.51. The number of carbonyl (C=O) groups excluding carboxylic acids is 3. The molecule has 2 rings (SSSR count). The van der Waals surface area contributed by atoms with Crippen molar-refractivity contribution in [1.29, 1.82) is 0 Å². The highest BCUT2D eigenvalue weighted by atomic mass is 16.5. The van der Waals surface area contributed by atoms with Gasteiger partial charge in [0.05, 0.1) is 12.7 Å². The van der Waals surface area contributed by atoms with E-state index < -0.39 is 17.8 Å². The lowest BCUT2D eigenvalue weighted by Gasteiger charge is -2.06. The van der Waals surface area contributed by atoms with Gasteiger partial charge in [0.15, 0.2) is 0 Å². The van der Waals surface area contributed by atoms with Gasteiger partial charge in [-0.15, -0.1) is 0 Å². The lowest BCUT2D eigenvalue weighted by molar-refractivity contribution is -0.117. The number of ether oxygens (including phenoxy) is 1. The number of benzene rings is 2. The SMILES string of the molecule is CCc1ccc(/C=C/C(=O)NNC(=O)c2ccc(C(=O)OC)cc2)cc1. The summed E-state index contributed by atoms with van der Waals surface area (Å²) in [7, 11) is 1.28. The number of hydrogen-bond donors (Lipinski definition) is 2. The lowest BCUT2D eigenvalue weighted by atomic mass is 10.1. The summed E-state index contributed by atoms with van der Waals surface area (Å²) in [4.78, 5) is 35.1. The molecule has 0 aliphatic heterocycles. The van der Waals surface area contributed by atoms with Crippen molar-refractivity contribution in [2.75, 3.05) is 7.11 Å². The molecule has 6 heteroatoms. The van der Waals surface area contributed by atoms with Crippen LogP contribution in [0.2, 0.25) is 0 Å². The number of carbonyl (C=O) groups is 3. The third-order valence-corrected chi connectivity index (χ3v) is 3.68. The van der Waals surface area contributed by atoms with E-state index >= 15 is 0 Å². The Kier molecular flexibility index (Phi) is 6.68. The van der Waals surface area contributed by atoms with Gasteiger partial charge in [0, 0.05) is 11.6 Å². The van der Waals surface area contributed by atoms with Gasteiger partial charge in [-0.3, -0.25) is 20.4 Å². The Balaban J connectivity index is 1.86. The van der Waals surface area contributed by atoms with Crippen LogP contribution in [0.1, 0.15) is 38.8 Å². The van der Waals surface area contributed by atoms with Crippen molar-refractivity contribution in [1.82, 2.24) is 10.9 Å². The minimum atomic E-state index is -0.490. The normalized spacial score (nSPS) is 10.4. The van der Waals surface area contributed by atoms with Gasteiger partial charge in [-0.1, -0.05) is 31.2 Å². The van der Waals surface area contributed by atoms with Crippen molar-refractivity contribution in [3.05, 3.63) is 76.9 Å². The monoisotopic (exact) mass is 352 g/mol. The van der Waals surface area contributed by atoms with Crippen LogP contribution in [0.15, 0.2) is 54.6 Å². The molecule has 0 unspecified atom stereocenters. The van der Waals surface area contributed by atoms with Gasteiger partial charge in [0.2, 0.25) is 0 Å². The lowest BCUT2D eigenvalue weighted by Crippen LogP contribution is -2.40. The van der Waals surface area contributed by atoms with Gasteiger partial charge in [-0.25, -0.2) is 4.79 Å². The van der Waals surface area contributed by atoms with Crippen molar-refractivity contribution in [2.24, 2.45) is 0 Å². The molecule has 0 radical (unpaired) electrons. The smallest absolute Gasteiger partial charge is 0.337 e. The molecule has 134 valence electrons. The summed E-state index contributed by atoms with van der Waals surface area (Å²) in [5.74, 6) is -1.43. The second-order valence-electron chi connectivity index (χ2n) is 5.44. The van der Waals surface area contributed by atoms with Gasteiger partial charge >= 0.3 is 5.97 Å². The van der Waals surface area contributed by atoms with E-state index in [2.05, 4.69) is 22.5 Å². The molecule has 0 heterocycles. The second kappa shape index (κ2) is 9.17. The summed E-state index contributed by atoms with van der Waals surface area (Å²) < 4.78 is 4.59. The fourth-order valence-electron chi connectivity index (χ4n) is 2.14. The maximum atomic E-state index is 12.0. The van der Waals surface area contributed by atoms with E-state index in [9.17, 15) is 14.4 Å². The average Bonchev–Trinajstić information content (AvgIpc) is 2.70. The van der Waals surface area contributed by atoms with Crippen LogP contribution in [0.3, 0.4) is 0 Å². The molecule has 0 aromatic heterocycles. The van der Waals surface area contributed by atoms with Crippen LogP contribution in [0, 0.1) is 0 Å². The Morgan fingerprint density at radius 2 is 1.54 bits per heavy atom. The van der Waals surface area contributed by atoms with Gasteiger partial charge in [0.25, 0.3) is 11.8 Å². The highest BCUT2D eigenvalue weighted by Gasteiger charge is 2.09. The summed E-state index contributed by atoms with van der Waals surface area (Å²) in [6, 6.07) is 13.7. The summed E-state index contributed by atoms with van der Waals surface area (Å²) >= 11 is 0. The second-order valence-corrected chi connectivity index (χ2v) is 5.44. The Hall–Kier alpha value is -3.41. The number of rotatable bonds is 5. The Bertz CT molecular complexity index is 809. The molecule has 0 fully saturated rings. The molecule has 0 saturated heterocycles. The van der Waals surface area contributed by atoms with E-state index in [1.54, 1.807) is 6.08 Å². The Morgan fingerprint density at radius 3 is 2.12 bits per heavy atom. The minimum Gasteiger partial charge on any atom is -0.465 e. The zero-order valence-corrected chi connectivity index (χ0v) is 14.6. The molecule has 0 saturated carbocycles. The van der Waals surface area contributed by atoms with Gasteiger partial charge in [0.1, 0.15) is 0 Å². The molecule has 2 N–H and O–H groups in total. The molecular formula is C20H20N2O4. The van der Waals surface area contributed by atoms with Gasteiger partial charge in [-0.2, -0.15) is 0 Å². The number of hydrazine groups is 1. The first kappa shape index (κ1) is 18.9. The van der Waals surface area contributed by atoms with E-state index in [1.165, 1.54) is 43.0 Å². The van der Waals surface area contributed by atoms with E-state index in [0.29, 0.717) is 11.1 Å². The topological polar surface area (TPSA) is 84.5 Å². The van der Waals surface area contributed by atoms with Crippen LogP contribution >= 0.6 is 0 Å². The largest absolute Gasteiger partial charge is 0.465 e. The first-order valence-corrected chi connectivity index (χ1v) is 8.09. The third-order valence-electron chi connectivity index (χ3n) is 3.68. The molecule has 0 bridgehead atoms. The first-order chi connectivity index (χ1) is 12.5. The van der Waals surface area contributed by atoms with Crippen LogP contribution in [-0.2, 0) is 16.0 Å². The van der Waals surface area contributed by atoms with Crippen LogP contribution in [0.5, 0.6) is 0 Å². The standard InChI is InChI=1S/C20H20N2O4/c1-3-14-4-6-15(7-5-14)8-13-18(23)21-22-19(24)16-9-11-17(12-10-16)20(25)26-2/h4-13H,3H2,1-2H3,(H,21,23)(H,22,24)/b13-8+. The molecule has 26 heavy (non-hydrogen) atoms. The highest BCUT2D eigenvalue weighted by Crippen LogP contribution is 2.07. The number of amides is 2. The summed E-state index contributed by atoms with van der Waals surface area (Å²) in [6.07, 6.45) is 3.95. The highest BCUT2D eigenvalue weighted by molar-refractivity contribution is 5.98. The van der Waals surface area contributed by atoms with Crippen LogP contribution in [0.25, 0.3) is 6.08 Å². The van der Waals surface area contributed by atoms with E-state index in [0.717, 1.165) is 12.0 Å². The quantitative estimate of drug-likeness (QED) is 0.492. The molecule has 2 amide bonds. The fourth-order valence-corrected chi connectivity index (χ4v) is 2.14. The third kappa shape index (κ3) is 5.31. The number of aryl methyl sites for hydroxylation is 1. The van der Waals surface area contributed by atoms with E-state index in [1.807, 2.05) is 24.3 Å². The van der Waals surface area contributed by atoms with Gasteiger partial charge < -0.3 is 4.74 Å². The van der Waals surface area contributed by atoms with Crippen LogP contribution < -0.4 is 10.9 Å². The van der Waals surface area contributed by atoms with Gasteiger partial charge in [-0.05, 0) is 47.9 Å². The molecule has 2 aromatic rings. The fraction of sp³-hybridized carbons (Fsp3) is 0.150. The molecule has 0 spiro atoms. The number of nitrogens with one attached hydrogen (secondary N) is 2. The molecule has 2 aromatic carbocycles. The zero-order valence-electron chi connectivity index (χ0n) is 14.6. The molecule has 0 aliphatic carbocycles. The molecule has 0 aliphatic rings. The number of esters is 1. The summed E-state index contributed by atoms with van der Waals surface area (Å²) in [5.41, 5.74) is 7.37. The maximum absolute atomic E-state index is 12.0. The molecule has 6 nitrogen and oxygen atoms in total. The van der Waals surface area contributed by atoms with Crippen molar-refractivity contribution in [3.63, 3.8) is 0 Å². The summed E-state index contributed by atoms with van der Waals surface area (Å²) in [5, 5.41) is 0. The van der Waals surface area contributed by atoms with Crippen LogP contribution in [0.4, 0.5) is 0 Å². The van der Waals surface area contributed by atoms with Crippen molar-refractivity contribution in [3.8, 4) is 0 Å². The summed E-state index contributed by atoms with van der Waals surface area (Å²) in [6.45, 7) is 2.07. The minimum absolute atomic E-state index is 0.303. The van der Waals surface area contributed by atoms with E-state index in [4.69, 9.17) is 0 Å². The Labute approximate surface area is 151 Å².